The van der Waals surface area contributed by atoms with Crippen LogP contribution in [-0.2, 0) is 17.9 Å². The predicted molar refractivity (Wildman–Crippen MR) is 146 cm³/mol. The Labute approximate surface area is 214 Å². The summed E-state index contributed by atoms with van der Waals surface area (Å²) in [5.74, 6) is 1.76. The van der Waals surface area contributed by atoms with Gasteiger partial charge < -0.3 is 16.0 Å². The van der Waals surface area contributed by atoms with Gasteiger partial charge in [0.2, 0.25) is 5.91 Å². The number of nitrogens with zero attached hydrogens (tertiary/aromatic N) is 2. The second kappa shape index (κ2) is 12.4. The van der Waals surface area contributed by atoms with Crippen molar-refractivity contribution >= 4 is 41.5 Å². The number of guanidine groups is 1. The van der Waals surface area contributed by atoms with E-state index in [1.54, 1.807) is 7.05 Å². The summed E-state index contributed by atoms with van der Waals surface area (Å²) >= 11 is 0. The summed E-state index contributed by atoms with van der Waals surface area (Å²) in [6.07, 6.45) is 3.15. The summed E-state index contributed by atoms with van der Waals surface area (Å²) in [4.78, 5) is 19.0. The number of para-hydroxylation sites is 1. The lowest BCUT2D eigenvalue weighted by atomic mass is 9.90. The van der Waals surface area contributed by atoms with Gasteiger partial charge in [0.05, 0.1) is 0 Å². The Hall–Kier alpha value is -2.13. The number of hydrogen-bond acceptors (Lipinski definition) is 3. The number of anilines is 1. The van der Waals surface area contributed by atoms with E-state index in [9.17, 15) is 4.79 Å². The minimum absolute atomic E-state index is 0. The van der Waals surface area contributed by atoms with Crippen LogP contribution in [0.3, 0.4) is 0 Å². The van der Waals surface area contributed by atoms with Gasteiger partial charge in [0.15, 0.2) is 5.96 Å². The van der Waals surface area contributed by atoms with E-state index in [2.05, 4.69) is 63.1 Å². The molecule has 0 aromatic heterocycles. The zero-order valence-electron chi connectivity index (χ0n) is 19.6. The van der Waals surface area contributed by atoms with Crippen molar-refractivity contribution in [3.63, 3.8) is 0 Å². The average Bonchev–Trinajstić information content (AvgIpc) is 2.80. The van der Waals surface area contributed by atoms with Gasteiger partial charge >= 0.3 is 0 Å². The number of aliphatic imine (C=N–C) groups is 1. The molecule has 33 heavy (non-hydrogen) atoms. The molecule has 6 nitrogen and oxygen atoms in total. The second-order valence-corrected chi connectivity index (χ2v) is 9.14. The number of nitrogens with one attached hydrogen (secondary N) is 3. The minimum atomic E-state index is 0. The summed E-state index contributed by atoms with van der Waals surface area (Å²) < 4.78 is 0. The van der Waals surface area contributed by atoms with E-state index in [1.165, 1.54) is 42.6 Å². The first-order valence-electron chi connectivity index (χ1n) is 11.7. The minimum Gasteiger partial charge on any atom is -0.356 e. The van der Waals surface area contributed by atoms with Crippen LogP contribution in [0, 0.1) is 5.92 Å². The molecule has 2 aliphatic rings. The molecular formula is C26H36IN5O. The highest BCUT2D eigenvalue weighted by Crippen LogP contribution is 2.31. The van der Waals surface area contributed by atoms with Crippen molar-refractivity contribution in [2.24, 2.45) is 10.9 Å². The van der Waals surface area contributed by atoms with Crippen LogP contribution >= 0.6 is 24.0 Å². The summed E-state index contributed by atoms with van der Waals surface area (Å²) in [7, 11) is 1.78. The van der Waals surface area contributed by atoms with E-state index < -0.39 is 0 Å². The standard InChI is InChI=1S/C26H35N5O.HI/c1-19-6-5-13-31(17-19)18-21-11-9-20(10-12-21)15-28-26(27-2)29-16-22-14-25(32)30-24-8-4-3-7-23(22)24;/h3-4,7-12,19,22H,5-6,13-18H2,1-2H3,(H,30,32)(H2,27,28,29);1H. The van der Waals surface area contributed by atoms with Crippen LogP contribution in [0.15, 0.2) is 53.5 Å². The van der Waals surface area contributed by atoms with Gasteiger partial charge in [-0.3, -0.25) is 14.7 Å². The number of carbonyl (C=O) groups excluding carboxylic acids is 1. The fourth-order valence-electron chi connectivity index (χ4n) is 4.76. The topological polar surface area (TPSA) is 68.8 Å². The highest BCUT2D eigenvalue weighted by molar-refractivity contribution is 14.0. The Balaban J connectivity index is 0.00000306. The summed E-state index contributed by atoms with van der Waals surface area (Å²) in [5.41, 5.74) is 4.69. The van der Waals surface area contributed by atoms with Crippen molar-refractivity contribution in [1.82, 2.24) is 15.5 Å². The molecule has 2 unspecified atom stereocenters. The molecule has 0 saturated carbocycles. The number of benzene rings is 2. The van der Waals surface area contributed by atoms with Crippen molar-refractivity contribution in [2.45, 2.75) is 45.2 Å². The third-order valence-corrected chi connectivity index (χ3v) is 6.48. The lowest BCUT2D eigenvalue weighted by Crippen LogP contribution is -2.40. The molecule has 2 atom stereocenters. The molecule has 7 heteroatoms. The van der Waals surface area contributed by atoms with Gasteiger partial charge in [-0.25, -0.2) is 0 Å². The third kappa shape index (κ3) is 7.17. The Morgan fingerprint density at radius 3 is 2.64 bits per heavy atom. The van der Waals surface area contributed by atoms with E-state index in [-0.39, 0.29) is 35.8 Å². The molecule has 178 valence electrons. The van der Waals surface area contributed by atoms with Crippen LogP contribution < -0.4 is 16.0 Å². The predicted octanol–water partition coefficient (Wildman–Crippen LogP) is 4.33. The Morgan fingerprint density at radius 1 is 1.12 bits per heavy atom. The van der Waals surface area contributed by atoms with Crippen molar-refractivity contribution in [3.8, 4) is 0 Å². The molecular weight excluding hydrogens is 525 g/mol. The first-order valence-corrected chi connectivity index (χ1v) is 11.7. The first-order chi connectivity index (χ1) is 15.6. The SMILES string of the molecule is CN=C(NCc1ccc(CN2CCCC(C)C2)cc1)NCC1CC(=O)Nc2ccccc21.I. The largest absolute Gasteiger partial charge is 0.356 e. The Morgan fingerprint density at radius 2 is 1.88 bits per heavy atom. The van der Waals surface area contributed by atoms with Gasteiger partial charge in [0.1, 0.15) is 0 Å². The zero-order chi connectivity index (χ0) is 22.3. The van der Waals surface area contributed by atoms with Crippen LogP contribution in [-0.4, -0.2) is 43.4 Å². The van der Waals surface area contributed by atoms with E-state index in [0.717, 1.165) is 24.1 Å². The molecule has 2 aliphatic heterocycles. The molecule has 0 radical (unpaired) electrons. The van der Waals surface area contributed by atoms with Gasteiger partial charge in [-0.1, -0.05) is 49.4 Å². The highest BCUT2D eigenvalue weighted by atomic mass is 127. The van der Waals surface area contributed by atoms with Crippen molar-refractivity contribution in [1.29, 1.82) is 0 Å². The van der Waals surface area contributed by atoms with Gasteiger partial charge in [-0.15, -0.1) is 24.0 Å². The fourth-order valence-corrected chi connectivity index (χ4v) is 4.76. The van der Waals surface area contributed by atoms with E-state index in [4.69, 9.17) is 0 Å². The molecule has 4 rings (SSSR count). The Kier molecular flexibility index (Phi) is 9.55. The number of carbonyl (C=O) groups is 1. The smallest absolute Gasteiger partial charge is 0.225 e. The lowest BCUT2D eigenvalue weighted by Gasteiger charge is -2.30. The van der Waals surface area contributed by atoms with Crippen LogP contribution in [0.5, 0.6) is 0 Å². The third-order valence-electron chi connectivity index (χ3n) is 6.48. The summed E-state index contributed by atoms with van der Waals surface area (Å²) in [6.45, 7) is 7.18. The Bertz CT molecular complexity index is 946. The van der Waals surface area contributed by atoms with Gasteiger partial charge in [-0.2, -0.15) is 0 Å². The van der Waals surface area contributed by atoms with Crippen LogP contribution in [0.4, 0.5) is 5.69 Å². The maximum absolute atomic E-state index is 12.0. The van der Waals surface area contributed by atoms with Crippen LogP contribution in [0.2, 0.25) is 0 Å². The highest BCUT2D eigenvalue weighted by Gasteiger charge is 2.24. The molecule has 0 bridgehead atoms. The molecule has 1 fully saturated rings. The average molecular weight is 562 g/mol. The maximum Gasteiger partial charge on any atom is 0.225 e. The number of amides is 1. The van der Waals surface area contributed by atoms with Crippen molar-refractivity contribution < 1.29 is 4.79 Å². The summed E-state index contributed by atoms with van der Waals surface area (Å²) in [6, 6.07) is 16.9. The zero-order valence-corrected chi connectivity index (χ0v) is 22.0. The second-order valence-electron chi connectivity index (χ2n) is 9.14. The molecule has 1 saturated heterocycles. The number of piperidine rings is 1. The molecule has 0 spiro atoms. The molecule has 2 heterocycles. The number of likely N-dealkylation sites (tertiary alicyclic amines) is 1. The van der Waals surface area contributed by atoms with Gasteiger partial charge in [0, 0.05) is 51.3 Å². The number of fused-ring (bicyclic) bond motifs is 1. The van der Waals surface area contributed by atoms with Crippen molar-refractivity contribution in [2.75, 3.05) is 32.0 Å². The number of rotatable bonds is 6. The number of hydrogen-bond donors (Lipinski definition) is 3. The molecule has 3 N–H and O–H groups in total. The molecule has 2 aromatic rings. The number of halogens is 1. The molecule has 0 aliphatic carbocycles. The quantitative estimate of drug-likeness (QED) is 0.279. The van der Waals surface area contributed by atoms with Gasteiger partial charge in [0.25, 0.3) is 0 Å². The van der Waals surface area contributed by atoms with Crippen LogP contribution in [0.1, 0.15) is 48.8 Å². The lowest BCUT2D eigenvalue weighted by molar-refractivity contribution is -0.116. The normalized spacial score (nSPS) is 20.9. The molecule has 2 aromatic carbocycles. The van der Waals surface area contributed by atoms with Crippen molar-refractivity contribution in [3.05, 3.63) is 65.2 Å². The van der Waals surface area contributed by atoms with E-state index in [1.807, 2.05) is 18.2 Å². The van der Waals surface area contributed by atoms with Crippen LogP contribution in [0.25, 0.3) is 0 Å². The maximum atomic E-state index is 12.0. The van der Waals surface area contributed by atoms with Gasteiger partial charge in [-0.05, 0) is 48.1 Å². The summed E-state index contributed by atoms with van der Waals surface area (Å²) in [5, 5.41) is 9.74. The first kappa shape index (κ1) is 25.5. The monoisotopic (exact) mass is 561 g/mol. The fraction of sp³-hybridized carbons (Fsp3) is 0.462. The van der Waals surface area contributed by atoms with E-state index >= 15 is 0 Å². The van der Waals surface area contributed by atoms with E-state index in [0.29, 0.717) is 19.5 Å². The molecule has 1 amide bonds.